The van der Waals surface area contributed by atoms with Gasteiger partial charge in [-0.2, -0.15) is 0 Å². The number of H-pyrrole nitrogens is 1. The Labute approximate surface area is 152 Å². The molecule has 1 aromatic carbocycles. The summed E-state index contributed by atoms with van der Waals surface area (Å²) < 4.78 is 0. The van der Waals surface area contributed by atoms with Gasteiger partial charge in [-0.15, -0.1) is 0 Å². The first-order valence-electron chi connectivity index (χ1n) is 8.52. The molecule has 26 heavy (non-hydrogen) atoms. The lowest BCUT2D eigenvalue weighted by molar-refractivity contribution is -0.141. The molecule has 3 rings (SSSR count). The van der Waals surface area contributed by atoms with Crippen LogP contribution in [0, 0.1) is 5.92 Å². The Morgan fingerprint density at radius 1 is 1.15 bits per heavy atom. The number of pyridine rings is 1. The summed E-state index contributed by atoms with van der Waals surface area (Å²) in [6, 6.07) is 8.57. The molecule has 2 heterocycles. The monoisotopic (exact) mass is 362 g/mol. The van der Waals surface area contributed by atoms with E-state index in [0.29, 0.717) is 19.4 Å². The largest absolute Gasteiger partial charge is 0.480 e. The van der Waals surface area contributed by atoms with Gasteiger partial charge in [-0.25, -0.2) is 9.59 Å². The first-order chi connectivity index (χ1) is 12.2. The minimum Gasteiger partial charge on any atom is -0.480 e. The molecular weight excluding hydrogens is 336 g/mol. The van der Waals surface area contributed by atoms with Crippen molar-refractivity contribution in [3.05, 3.63) is 46.9 Å². The van der Waals surface area contributed by atoms with Crippen molar-refractivity contribution in [1.82, 2.24) is 9.88 Å². The summed E-state index contributed by atoms with van der Waals surface area (Å²) in [5.74, 6) is -0.218. The van der Waals surface area contributed by atoms with Crippen LogP contribution in [0.3, 0.4) is 0 Å². The quantitative estimate of drug-likeness (QED) is 0.720. The van der Waals surface area contributed by atoms with E-state index in [9.17, 15) is 14.4 Å². The second-order valence-electron chi connectivity index (χ2n) is 6.60. The zero-order valence-corrected chi connectivity index (χ0v) is 15.3. The van der Waals surface area contributed by atoms with Crippen LogP contribution in [-0.2, 0) is 4.79 Å². The summed E-state index contributed by atoms with van der Waals surface area (Å²) in [6.45, 7) is 6.84. The fraction of sp³-hybridized carbons (Fsp3) is 0.421. The van der Waals surface area contributed by atoms with Gasteiger partial charge in [0.2, 0.25) is 0 Å². The van der Waals surface area contributed by atoms with Crippen LogP contribution in [-0.4, -0.2) is 44.7 Å². The average Bonchev–Trinajstić information content (AvgIpc) is 3.06. The number of carbonyl (C=O) groups is 2. The summed E-state index contributed by atoms with van der Waals surface area (Å²) in [4.78, 5) is 35.5. The molecule has 0 saturated carbocycles. The third kappa shape index (κ3) is 6.58. The number of hydrogen-bond donors (Lipinski definition) is 3. The van der Waals surface area contributed by atoms with Gasteiger partial charge in [-0.1, -0.05) is 39.0 Å². The second kappa shape index (κ2) is 10.2. The number of nitrogens with one attached hydrogen (secondary N) is 1. The summed E-state index contributed by atoms with van der Waals surface area (Å²) in [5.41, 5.74) is -0.0249. The van der Waals surface area contributed by atoms with Crippen LogP contribution in [0.1, 0.15) is 33.6 Å². The Balaban J connectivity index is 0.000000217. The van der Waals surface area contributed by atoms with Crippen LogP contribution >= 0.6 is 0 Å². The van der Waals surface area contributed by atoms with E-state index >= 15 is 0 Å². The molecule has 0 aliphatic carbocycles. The zero-order chi connectivity index (χ0) is 19.7. The SMILES string of the molecule is CC(C)C.O=C(O)C1CCCN1C(=O)O.O=c1[nH]ccc2ccccc12. The number of hydrogen-bond acceptors (Lipinski definition) is 3. The van der Waals surface area contributed by atoms with E-state index in [1.165, 1.54) is 0 Å². The first-order valence-corrected chi connectivity index (χ1v) is 8.52. The van der Waals surface area contributed by atoms with Gasteiger partial charge < -0.3 is 15.2 Å². The molecule has 2 aromatic rings. The molecular formula is C19H26N2O5. The normalized spacial score (nSPS) is 15.7. The smallest absolute Gasteiger partial charge is 0.408 e. The van der Waals surface area contributed by atoms with E-state index in [0.717, 1.165) is 21.6 Å². The van der Waals surface area contributed by atoms with Crippen molar-refractivity contribution in [1.29, 1.82) is 0 Å². The zero-order valence-electron chi connectivity index (χ0n) is 15.3. The van der Waals surface area contributed by atoms with Gasteiger partial charge in [-0.3, -0.25) is 9.69 Å². The lowest BCUT2D eigenvalue weighted by Gasteiger charge is -2.16. The summed E-state index contributed by atoms with van der Waals surface area (Å²) >= 11 is 0. The highest BCUT2D eigenvalue weighted by atomic mass is 16.4. The number of carboxylic acids is 1. The fourth-order valence-corrected chi connectivity index (χ4v) is 2.39. The number of rotatable bonds is 1. The molecule has 1 atom stereocenters. The van der Waals surface area contributed by atoms with Crippen molar-refractivity contribution >= 4 is 22.8 Å². The van der Waals surface area contributed by atoms with Crippen LogP contribution in [0.15, 0.2) is 41.3 Å². The maximum absolute atomic E-state index is 11.1. The molecule has 1 aliphatic heterocycles. The third-order valence-corrected chi connectivity index (χ3v) is 3.47. The molecule has 1 unspecified atom stereocenters. The van der Waals surface area contributed by atoms with E-state index < -0.39 is 18.1 Å². The highest BCUT2D eigenvalue weighted by molar-refractivity contribution is 5.81. The minimum absolute atomic E-state index is 0.0249. The van der Waals surface area contributed by atoms with E-state index in [1.807, 2.05) is 30.3 Å². The Bertz CT molecular complexity index is 757. The first kappa shape index (κ1) is 21.2. The highest BCUT2D eigenvalue weighted by Crippen LogP contribution is 2.16. The number of aromatic amines is 1. The summed E-state index contributed by atoms with van der Waals surface area (Å²) in [6.07, 6.45) is 1.59. The van der Waals surface area contributed by atoms with Crippen molar-refractivity contribution in [3.63, 3.8) is 0 Å². The minimum atomic E-state index is -1.14. The number of likely N-dealkylation sites (tertiary alicyclic amines) is 1. The van der Waals surface area contributed by atoms with Crippen LogP contribution in [0.2, 0.25) is 0 Å². The molecule has 3 N–H and O–H groups in total. The van der Waals surface area contributed by atoms with Gasteiger partial charge in [0.1, 0.15) is 6.04 Å². The van der Waals surface area contributed by atoms with E-state index in [-0.39, 0.29) is 5.56 Å². The van der Waals surface area contributed by atoms with Crippen molar-refractivity contribution in [3.8, 4) is 0 Å². The maximum atomic E-state index is 11.1. The predicted molar refractivity (Wildman–Crippen MR) is 100 cm³/mol. The average molecular weight is 362 g/mol. The van der Waals surface area contributed by atoms with Crippen molar-refractivity contribution < 1.29 is 19.8 Å². The number of fused-ring (bicyclic) bond motifs is 1. The Morgan fingerprint density at radius 3 is 2.27 bits per heavy atom. The molecule has 1 saturated heterocycles. The molecule has 1 amide bonds. The fourth-order valence-electron chi connectivity index (χ4n) is 2.39. The number of nitrogens with zero attached hydrogens (tertiary/aromatic N) is 1. The van der Waals surface area contributed by atoms with E-state index in [2.05, 4.69) is 25.8 Å². The summed E-state index contributed by atoms with van der Waals surface area (Å²) in [7, 11) is 0. The molecule has 1 aromatic heterocycles. The number of carboxylic acid groups (broad SMARTS) is 2. The Hall–Kier alpha value is -2.83. The molecule has 1 aliphatic rings. The maximum Gasteiger partial charge on any atom is 0.408 e. The van der Waals surface area contributed by atoms with Gasteiger partial charge in [-0.05, 0) is 36.3 Å². The van der Waals surface area contributed by atoms with Gasteiger partial charge in [0.15, 0.2) is 0 Å². The van der Waals surface area contributed by atoms with Crippen LogP contribution in [0.5, 0.6) is 0 Å². The van der Waals surface area contributed by atoms with Crippen molar-refractivity contribution in [2.45, 2.75) is 39.7 Å². The van der Waals surface area contributed by atoms with Gasteiger partial charge in [0, 0.05) is 18.1 Å². The van der Waals surface area contributed by atoms with E-state index in [1.54, 1.807) is 6.20 Å². The van der Waals surface area contributed by atoms with Crippen molar-refractivity contribution in [2.75, 3.05) is 6.54 Å². The number of benzene rings is 1. The Morgan fingerprint density at radius 2 is 1.77 bits per heavy atom. The second-order valence-corrected chi connectivity index (χ2v) is 6.60. The standard InChI is InChI=1S/C9H7NO.C6H9NO4.C4H10/c11-9-8-4-2-1-3-7(8)5-6-10-9;8-5(9)4-2-1-3-7(4)6(10)11;1-4(2)3/h1-6H,(H,10,11);4H,1-3H2,(H,8,9)(H,10,11);4H,1-3H3. The number of aromatic nitrogens is 1. The number of amides is 1. The highest BCUT2D eigenvalue weighted by Gasteiger charge is 2.33. The lowest BCUT2D eigenvalue weighted by Crippen LogP contribution is -2.39. The molecule has 7 nitrogen and oxygen atoms in total. The molecule has 0 spiro atoms. The summed E-state index contributed by atoms with van der Waals surface area (Å²) in [5, 5.41) is 18.8. The van der Waals surface area contributed by atoms with Crippen LogP contribution in [0.4, 0.5) is 4.79 Å². The third-order valence-electron chi connectivity index (χ3n) is 3.47. The van der Waals surface area contributed by atoms with Gasteiger partial charge >= 0.3 is 12.1 Å². The predicted octanol–water partition coefficient (Wildman–Crippen LogP) is 3.40. The van der Waals surface area contributed by atoms with Crippen LogP contribution in [0.25, 0.3) is 10.8 Å². The van der Waals surface area contributed by atoms with Crippen molar-refractivity contribution in [2.24, 2.45) is 5.92 Å². The van der Waals surface area contributed by atoms with Gasteiger partial charge in [0.05, 0.1) is 0 Å². The molecule has 0 bridgehead atoms. The molecule has 0 radical (unpaired) electrons. The van der Waals surface area contributed by atoms with Gasteiger partial charge in [0.25, 0.3) is 5.56 Å². The lowest BCUT2D eigenvalue weighted by atomic mass is 10.2. The van der Waals surface area contributed by atoms with Crippen LogP contribution < -0.4 is 5.56 Å². The topological polar surface area (TPSA) is 111 Å². The van der Waals surface area contributed by atoms with E-state index in [4.69, 9.17) is 10.2 Å². The molecule has 7 heteroatoms. The molecule has 1 fully saturated rings. The Kier molecular flexibility index (Phi) is 8.34. The number of aliphatic carboxylic acids is 1. The molecule has 142 valence electrons.